The summed E-state index contributed by atoms with van der Waals surface area (Å²) < 4.78 is 54.3. The molecule has 1 heterocycles. The molecule has 1 aromatic carbocycles. The van der Waals surface area contributed by atoms with E-state index in [1.165, 1.54) is 6.07 Å². The third kappa shape index (κ3) is 2.12. The Kier molecular flexibility index (Phi) is 1.89. The van der Waals surface area contributed by atoms with Crippen LogP contribution in [0.25, 0.3) is 10.9 Å². The second-order valence-corrected chi connectivity index (χ2v) is 4.62. The van der Waals surface area contributed by atoms with Gasteiger partial charge in [0, 0.05) is 29.8 Å². The molecule has 0 spiro atoms. The highest BCUT2D eigenvalue weighted by Crippen LogP contribution is 2.37. The molecule has 4 heteroatoms. The number of esters is 1. The summed E-state index contributed by atoms with van der Waals surface area (Å²) in [6, 6.07) is 4.63. The van der Waals surface area contributed by atoms with Crippen LogP contribution in [0.2, 0.25) is 5.02 Å². The molecular formula is C15H16ClNO2. The minimum Gasteiger partial charge on any atom is -0.465 e. The zero-order chi connectivity index (χ0) is 18.8. The zero-order valence-corrected chi connectivity index (χ0v) is 11.0. The van der Waals surface area contributed by atoms with E-state index in [1.807, 2.05) is 0 Å². The van der Waals surface area contributed by atoms with Crippen LogP contribution in [0.4, 0.5) is 0 Å². The van der Waals surface area contributed by atoms with Gasteiger partial charge in [-0.1, -0.05) is 11.6 Å². The van der Waals surface area contributed by atoms with Crippen LogP contribution in [0.3, 0.4) is 0 Å². The van der Waals surface area contributed by atoms with E-state index in [4.69, 9.17) is 24.6 Å². The first kappa shape index (κ1) is 7.34. The number of ether oxygens (including phenoxy) is 1. The van der Waals surface area contributed by atoms with Crippen LogP contribution in [0.5, 0.6) is 0 Å². The highest BCUT2D eigenvalue weighted by atomic mass is 35.5. The van der Waals surface area contributed by atoms with Gasteiger partial charge in [0.05, 0.1) is 12.5 Å². The fraction of sp³-hybridized carbons (Fsp3) is 0.400. The molecule has 0 saturated heterocycles. The Bertz CT molecular complexity index is 863. The van der Waals surface area contributed by atoms with E-state index >= 15 is 0 Å². The van der Waals surface area contributed by atoms with E-state index in [1.54, 1.807) is 19.1 Å². The number of aromatic nitrogens is 1. The van der Waals surface area contributed by atoms with Gasteiger partial charge >= 0.3 is 5.97 Å². The second-order valence-electron chi connectivity index (χ2n) is 4.18. The standard InChI is InChI=1S/C15H16ClNO2/c1-2-19-15(18)11-5-3-4-10-12-8-9(16)6-7-13(12)17-14(10)11/h6-8,11,17H,2-5H2,1H3/i3D2,4D2,5D2. The van der Waals surface area contributed by atoms with E-state index in [0.29, 0.717) is 15.9 Å². The first-order chi connectivity index (χ1) is 11.5. The van der Waals surface area contributed by atoms with Gasteiger partial charge < -0.3 is 9.72 Å². The minimum absolute atomic E-state index is 0.00267. The molecule has 1 unspecified atom stereocenters. The van der Waals surface area contributed by atoms with Crippen molar-refractivity contribution in [1.29, 1.82) is 0 Å². The van der Waals surface area contributed by atoms with Gasteiger partial charge in [-0.25, -0.2) is 0 Å². The first-order valence-electron chi connectivity index (χ1n) is 8.95. The SMILES string of the molecule is [2H]C1([2H])c2c([nH]c3ccc(Cl)cc23)C(C(=O)OCC)C([2H])([2H])C1([2H])[2H]. The molecule has 19 heavy (non-hydrogen) atoms. The molecule has 3 nitrogen and oxygen atoms in total. The molecule has 1 aromatic heterocycles. The Morgan fingerprint density at radius 3 is 3.26 bits per heavy atom. The predicted molar refractivity (Wildman–Crippen MR) is 75.6 cm³/mol. The monoisotopic (exact) mass is 283 g/mol. The molecule has 0 fully saturated rings. The molecule has 0 amide bonds. The fourth-order valence-corrected chi connectivity index (χ4v) is 2.35. The lowest BCUT2D eigenvalue weighted by molar-refractivity contribution is -0.145. The molecule has 2 aromatic rings. The summed E-state index contributed by atoms with van der Waals surface area (Å²) in [5, 5.41) is 0.646. The molecular weight excluding hydrogens is 262 g/mol. The molecule has 0 aliphatic heterocycles. The van der Waals surface area contributed by atoms with Gasteiger partial charge in [0.15, 0.2) is 0 Å². The number of hydrogen-bond donors (Lipinski definition) is 1. The number of halogens is 1. The number of hydrogen-bond acceptors (Lipinski definition) is 2. The average Bonchev–Trinajstić information content (AvgIpc) is 2.84. The first-order valence-corrected chi connectivity index (χ1v) is 6.33. The maximum Gasteiger partial charge on any atom is 0.314 e. The Hall–Kier alpha value is -1.48. The molecule has 0 radical (unpaired) electrons. The number of aromatic amines is 1. The van der Waals surface area contributed by atoms with Gasteiger partial charge in [0.25, 0.3) is 0 Å². The summed E-state index contributed by atoms with van der Waals surface area (Å²) in [7, 11) is 0. The summed E-state index contributed by atoms with van der Waals surface area (Å²) in [4.78, 5) is 15.3. The van der Waals surface area contributed by atoms with Gasteiger partial charge in [-0.15, -0.1) is 0 Å². The van der Waals surface area contributed by atoms with Crippen LogP contribution < -0.4 is 0 Å². The van der Waals surface area contributed by atoms with E-state index in [-0.39, 0.29) is 17.9 Å². The number of benzene rings is 1. The van der Waals surface area contributed by atoms with Crippen LogP contribution in [0, 0.1) is 0 Å². The van der Waals surface area contributed by atoms with Crippen LogP contribution in [0.15, 0.2) is 18.2 Å². The van der Waals surface area contributed by atoms with E-state index < -0.39 is 31.0 Å². The summed E-state index contributed by atoms with van der Waals surface area (Å²) >= 11 is 5.99. The number of carbonyl (C=O) groups excluding carboxylic acids is 1. The van der Waals surface area contributed by atoms with Gasteiger partial charge in [-0.2, -0.15) is 0 Å². The second kappa shape index (κ2) is 4.89. The molecule has 1 N–H and O–H groups in total. The van der Waals surface area contributed by atoms with E-state index in [2.05, 4.69) is 4.98 Å². The van der Waals surface area contributed by atoms with Gasteiger partial charge in [-0.3, -0.25) is 4.79 Å². The van der Waals surface area contributed by atoms with Crippen molar-refractivity contribution in [3.8, 4) is 0 Å². The number of nitrogens with one attached hydrogen (secondary N) is 1. The third-order valence-electron chi connectivity index (χ3n) is 3.00. The number of aryl methyl sites for hydroxylation is 1. The third-order valence-corrected chi connectivity index (χ3v) is 3.24. The van der Waals surface area contributed by atoms with Crippen molar-refractivity contribution < 1.29 is 17.8 Å². The lowest BCUT2D eigenvalue weighted by Crippen LogP contribution is -2.20. The quantitative estimate of drug-likeness (QED) is 0.852. The van der Waals surface area contributed by atoms with Crippen molar-refractivity contribution in [2.24, 2.45) is 0 Å². The van der Waals surface area contributed by atoms with Crippen molar-refractivity contribution in [3.05, 3.63) is 34.5 Å². The van der Waals surface area contributed by atoms with E-state index in [9.17, 15) is 4.79 Å². The summed E-state index contributed by atoms with van der Waals surface area (Å²) in [6.07, 6.45) is -8.47. The molecule has 100 valence electrons. The molecule has 0 bridgehead atoms. The molecule has 3 rings (SSSR count). The smallest absolute Gasteiger partial charge is 0.314 e. The van der Waals surface area contributed by atoms with Gasteiger partial charge in [-0.05, 0) is 49.8 Å². The predicted octanol–water partition coefficient (Wildman–Crippen LogP) is 3.80. The largest absolute Gasteiger partial charge is 0.465 e. The molecule has 0 saturated carbocycles. The van der Waals surface area contributed by atoms with Crippen molar-refractivity contribution >= 4 is 28.5 Å². The summed E-state index contributed by atoms with van der Waals surface area (Å²) in [6.45, 7) is 1.57. The zero-order valence-electron chi connectivity index (χ0n) is 16.2. The van der Waals surface area contributed by atoms with Gasteiger partial charge in [0.1, 0.15) is 0 Å². The van der Waals surface area contributed by atoms with Crippen LogP contribution >= 0.6 is 11.6 Å². The summed E-state index contributed by atoms with van der Waals surface area (Å²) in [5.74, 6) is -2.56. The van der Waals surface area contributed by atoms with Crippen molar-refractivity contribution in [3.63, 3.8) is 0 Å². The maximum atomic E-state index is 12.4. The maximum absolute atomic E-state index is 12.4. The molecule has 1 aliphatic carbocycles. The van der Waals surface area contributed by atoms with Crippen molar-refractivity contribution in [2.75, 3.05) is 6.61 Å². The van der Waals surface area contributed by atoms with Crippen LogP contribution in [0.1, 0.15) is 45.1 Å². The molecule has 1 aliphatic rings. The Morgan fingerprint density at radius 2 is 2.47 bits per heavy atom. The van der Waals surface area contributed by atoms with E-state index in [0.717, 1.165) is 0 Å². The number of H-pyrrole nitrogens is 1. The van der Waals surface area contributed by atoms with Crippen molar-refractivity contribution in [2.45, 2.75) is 32.0 Å². The Morgan fingerprint density at radius 1 is 1.63 bits per heavy atom. The Labute approximate surface area is 125 Å². The lowest BCUT2D eigenvalue weighted by atomic mass is 9.87. The average molecular weight is 284 g/mol. The summed E-state index contributed by atoms with van der Waals surface area (Å²) in [5.41, 5.74) is 0.338. The fourth-order valence-electron chi connectivity index (χ4n) is 2.18. The highest BCUT2D eigenvalue weighted by Gasteiger charge is 2.30. The van der Waals surface area contributed by atoms with Crippen molar-refractivity contribution in [1.82, 2.24) is 4.98 Å². The normalized spacial score (nSPS) is 30.9. The molecule has 1 atom stereocenters. The number of carbonyl (C=O) groups is 1. The topological polar surface area (TPSA) is 42.1 Å². The number of rotatable bonds is 2. The van der Waals surface area contributed by atoms with Gasteiger partial charge in [0.2, 0.25) is 0 Å². The lowest BCUT2D eigenvalue weighted by Gasteiger charge is -2.20. The van der Waals surface area contributed by atoms with Crippen LogP contribution in [-0.4, -0.2) is 17.6 Å². The Balaban J connectivity index is 2.41. The number of fused-ring (bicyclic) bond motifs is 3. The minimum atomic E-state index is -2.97. The highest BCUT2D eigenvalue weighted by molar-refractivity contribution is 6.31. The van der Waals surface area contributed by atoms with Crippen LogP contribution in [-0.2, 0) is 15.9 Å².